The summed E-state index contributed by atoms with van der Waals surface area (Å²) in [6, 6.07) is 4.65. The molecule has 64 valence electrons. The SMILES string of the molecule is OC[C@@H]1NCc2cc(F)ccc21. The number of fused-ring (bicyclic) bond motifs is 1. The average molecular weight is 167 g/mol. The number of hydrogen-bond acceptors (Lipinski definition) is 2. The standard InChI is InChI=1S/C9H10FNO/c10-7-1-2-8-6(3-7)4-11-9(8)5-12/h1-3,9,11-12H,4-5H2/t9-/m0/s1. The molecule has 0 fully saturated rings. The second-order valence-electron chi connectivity index (χ2n) is 2.96. The highest BCUT2D eigenvalue weighted by molar-refractivity contribution is 5.34. The van der Waals surface area contributed by atoms with Gasteiger partial charge in [-0.1, -0.05) is 6.07 Å². The summed E-state index contributed by atoms with van der Waals surface area (Å²) in [4.78, 5) is 0. The summed E-state index contributed by atoms with van der Waals surface area (Å²) >= 11 is 0. The Morgan fingerprint density at radius 3 is 3.17 bits per heavy atom. The van der Waals surface area contributed by atoms with Crippen LogP contribution in [0.5, 0.6) is 0 Å². The summed E-state index contributed by atoms with van der Waals surface area (Å²) < 4.78 is 12.7. The average Bonchev–Trinajstić information content (AvgIpc) is 2.46. The molecule has 1 aromatic carbocycles. The van der Waals surface area contributed by atoms with E-state index in [4.69, 9.17) is 5.11 Å². The summed E-state index contributed by atoms with van der Waals surface area (Å²) in [5.74, 6) is -0.214. The third kappa shape index (κ3) is 1.11. The van der Waals surface area contributed by atoms with Crippen molar-refractivity contribution in [1.82, 2.24) is 5.32 Å². The monoisotopic (exact) mass is 167 g/mol. The fraction of sp³-hybridized carbons (Fsp3) is 0.333. The first-order chi connectivity index (χ1) is 5.81. The summed E-state index contributed by atoms with van der Waals surface area (Å²) in [7, 11) is 0. The summed E-state index contributed by atoms with van der Waals surface area (Å²) in [6.45, 7) is 0.719. The predicted molar refractivity (Wildman–Crippen MR) is 43.1 cm³/mol. The van der Waals surface area contributed by atoms with Gasteiger partial charge in [-0.3, -0.25) is 0 Å². The van der Waals surface area contributed by atoms with E-state index >= 15 is 0 Å². The highest BCUT2D eigenvalue weighted by Crippen LogP contribution is 2.24. The highest BCUT2D eigenvalue weighted by atomic mass is 19.1. The number of aliphatic hydroxyl groups excluding tert-OH is 1. The van der Waals surface area contributed by atoms with Crippen molar-refractivity contribution < 1.29 is 9.50 Å². The maximum absolute atomic E-state index is 12.7. The van der Waals surface area contributed by atoms with E-state index in [0.29, 0.717) is 6.54 Å². The Hall–Kier alpha value is -0.930. The molecule has 1 aliphatic heterocycles. The van der Waals surface area contributed by atoms with E-state index in [0.717, 1.165) is 11.1 Å². The molecule has 0 aliphatic carbocycles. The van der Waals surface area contributed by atoms with E-state index in [1.54, 1.807) is 6.07 Å². The van der Waals surface area contributed by atoms with Gasteiger partial charge in [0.05, 0.1) is 12.6 Å². The van der Waals surface area contributed by atoms with E-state index < -0.39 is 0 Å². The lowest BCUT2D eigenvalue weighted by molar-refractivity contribution is 0.251. The van der Waals surface area contributed by atoms with E-state index in [9.17, 15) is 4.39 Å². The Morgan fingerprint density at radius 2 is 2.42 bits per heavy atom. The van der Waals surface area contributed by atoms with E-state index in [-0.39, 0.29) is 18.5 Å². The minimum Gasteiger partial charge on any atom is -0.394 e. The highest BCUT2D eigenvalue weighted by Gasteiger charge is 2.20. The van der Waals surface area contributed by atoms with Gasteiger partial charge in [-0.2, -0.15) is 0 Å². The third-order valence-corrected chi connectivity index (χ3v) is 2.20. The van der Waals surface area contributed by atoms with Gasteiger partial charge in [0.1, 0.15) is 5.82 Å². The topological polar surface area (TPSA) is 32.3 Å². The Balaban J connectivity index is 2.40. The van der Waals surface area contributed by atoms with Crippen LogP contribution in [0.3, 0.4) is 0 Å². The number of rotatable bonds is 1. The first-order valence-electron chi connectivity index (χ1n) is 3.94. The third-order valence-electron chi connectivity index (χ3n) is 2.20. The van der Waals surface area contributed by atoms with E-state index in [2.05, 4.69) is 5.32 Å². The van der Waals surface area contributed by atoms with Crippen LogP contribution in [0.25, 0.3) is 0 Å². The van der Waals surface area contributed by atoms with E-state index in [1.165, 1.54) is 12.1 Å². The fourth-order valence-corrected chi connectivity index (χ4v) is 1.57. The molecule has 2 rings (SSSR count). The number of aliphatic hydroxyl groups is 1. The van der Waals surface area contributed by atoms with Crippen molar-refractivity contribution >= 4 is 0 Å². The van der Waals surface area contributed by atoms with Crippen LogP contribution in [0.1, 0.15) is 17.2 Å². The minimum atomic E-state index is -0.214. The Morgan fingerprint density at radius 1 is 1.58 bits per heavy atom. The zero-order valence-corrected chi connectivity index (χ0v) is 6.55. The first kappa shape index (κ1) is 7.71. The van der Waals surface area contributed by atoms with Crippen LogP contribution >= 0.6 is 0 Å². The van der Waals surface area contributed by atoms with Crippen LogP contribution in [0, 0.1) is 5.82 Å². The van der Waals surface area contributed by atoms with Crippen LogP contribution in [-0.2, 0) is 6.54 Å². The molecule has 2 N–H and O–H groups in total. The maximum Gasteiger partial charge on any atom is 0.123 e. The lowest BCUT2D eigenvalue weighted by Gasteiger charge is -2.06. The molecule has 0 saturated heterocycles. The Labute approximate surface area is 70.0 Å². The maximum atomic E-state index is 12.7. The van der Waals surface area contributed by atoms with Crippen molar-refractivity contribution in [2.24, 2.45) is 0 Å². The van der Waals surface area contributed by atoms with Gasteiger partial charge in [0.25, 0.3) is 0 Å². The minimum absolute atomic E-state index is 0.0133. The van der Waals surface area contributed by atoms with Gasteiger partial charge in [0.15, 0.2) is 0 Å². The molecule has 1 atom stereocenters. The van der Waals surface area contributed by atoms with Crippen molar-refractivity contribution in [3.8, 4) is 0 Å². The molecule has 0 bridgehead atoms. The smallest absolute Gasteiger partial charge is 0.123 e. The molecule has 0 aromatic heterocycles. The molecule has 0 spiro atoms. The zero-order chi connectivity index (χ0) is 8.55. The second-order valence-corrected chi connectivity index (χ2v) is 2.96. The molecular formula is C9H10FNO. The van der Waals surface area contributed by atoms with Crippen molar-refractivity contribution in [3.05, 3.63) is 35.1 Å². The summed E-state index contributed by atoms with van der Waals surface area (Å²) in [5, 5.41) is 12.0. The van der Waals surface area contributed by atoms with Gasteiger partial charge in [-0.25, -0.2) is 4.39 Å². The second kappa shape index (κ2) is 2.84. The van der Waals surface area contributed by atoms with Gasteiger partial charge in [-0.05, 0) is 23.3 Å². The van der Waals surface area contributed by atoms with Gasteiger partial charge >= 0.3 is 0 Å². The molecule has 0 amide bonds. The normalized spacial score (nSPS) is 21.0. The summed E-state index contributed by atoms with van der Waals surface area (Å²) in [6.07, 6.45) is 0. The van der Waals surface area contributed by atoms with Crippen molar-refractivity contribution in [1.29, 1.82) is 0 Å². The van der Waals surface area contributed by atoms with Gasteiger partial charge in [0.2, 0.25) is 0 Å². The lowest BCUT2D eigenvalue weighted by Crippen LogP contribution is -2.15. The van der Waals surface area contributed by atoms with Gasteiger partial charge < -0.3 is 10.4 Å². The lowest BCUT2D eigenvalue weighted by atomic mass is 10.1. The van der Waals surface area contributed by atoms with Crippen molar-refractivity contribution in [2.75, 3.05) is 6.61 Å². The molecule has 0 saturated carbocycles. The fourth-order valence-electron chi connectivity index (χ4n) is 1.57. The molecule has 0 unspecified atom stereocenters. The molecule has 2 nitrogen and oxygen atoms in total. The van der Waals surface area contributed by atoms with Crippen LogP contribution in [0.4, 0.5) is 4.39 Å². The molecular weight excluding hydrogens is 157 g/mol. The van der Waals surface area contributed by atoms with Gasteiger partial charge in [0, 0.05) is 6.54 Å². The Bertz CT molecular complexity index is 301. The van der Waals surface area contributed by atoms with Crippen molar-refractivity contribution in [3.63, 3.8) is 0 Å². The molecule has 1 heterocycles. The van der Waals surface area contributed by atoms with Crippen LogP contribution < -0.4 is 5.32 Å². The molecule has 0 radical (unpaired) electrons. The quantitative estimate of drug-likeness (QED) is 0.653. The van der Waals surface area contributed by atoms with Crippen molar-refractivity contribution in [2.45, 2.75) is 12.6 Å². The van der Waals surface area contributed by atoms with Crippen LogP contribution in [-0.4, -0.2) is 11.7 Å². The van der Waals surface area contributed by atoms with E-state index in [1.807, 2.05) is 0 Å². The first-order valence-corrected chi connectivity index (χ1v) is 3.94. The number of halogens is 1. The van der Waals surface area contributed by atoms with Crippen LogP contribution in [0.2, 0.25) is 0 Å². The van der Waals surface area contributed by atoms with Gasteiger partial charge in [-0.15, -0.1) is 0 Å². The Kier molecular flexibility index (Phi) is 1.83. The molecule has 12 heavy (non-hydrogen) atoms. The molecule has 1 aromatic rings. The predicted octanol–water partition coefficient (Wildman–Crippen LogP) is 0.962. The molecule has 3 heteroatoms. The van der Waals surface area contributed by atoms with Crippen LogP contribution in [0.15, 0.2) is 18.2 Å². The number of benzene rings is 1. The largest absolute Gasteiger partial charge is 0.394 e. The number of hydrogen-bond donors (Lipinski definition) is 2. The molecule has 1 aliphatic rings. The zero-order valence-electron chi connectivity index (χ0n) is 6.55. The summed E-state index contributed by atoms with van der Waals surface area (Å²) in [5.41, 5.74) is 1.97. The number of nitrogens with one attached hydrogen (secondary N) is 1.